The van der Waals surface area contributed by atoms with Gasteiger partial charge in [0.15, 0.2) is 0 Å². The lowest BCUT2D eigenvalue weighted by Gasteiger charge is -2.05. The molecule has 1 N–H and O–H groups in total. The summed E-state index contributed by atoms with van der Waals surface area (Å²) in [4.78, 5) is 22.5. The molecule has 6 nitrogen and oxygen atoms in total. The highest BCUT2D eigenvalue weighted by Crippen LogP contribution is 2.30. The van der Waals surface area contributed by atoms with Gasteiger partial charge in [-0.3, -0.25) is 0 Å². The Morgan fingerprint density at radius 1 is 0.923 bits per heavy atom. The first-order valence-corrected chi connectivity index (χ1v) is 7.69. The van der Waals surface area contributed by atoms with E-state index in [-0.39, 0.29) is 5.56 Å². The van der Waals surface area contributed by atoms with E-state index in [1.165, 1.54) is 6.07 Å². The fraction of sp³-hybridized carbons (Fsp3) is 0. The lowest BCUT2D eigenvalue weighted by molar-refractivity contribution is -0.128. The SMILES string of the molecule is C=CC(=O)Oc1ccc(/N=N/c2ccc(C(=O)O)c3ccccc23)cc1. The maximum absolute atomic E-state index is 11.3. The highest BCUT2D eigenvalue weighted by atomic mass is 16.5. The Balaban J connectivity index is 1.89. The number of carboxylic acid groups (broad SMARTS) is 1. The summed E-state index contributed by atoms with van der Waals surface area (Å²) in [5.41, 5.74) is 1.34. The number of hydrogen-bond donors (Lipinski definition) is 1. The number of ether oxygens (including phenoxy) is 1. The van der Waals surface area contributed by atoms with Gasteiger partial charge in [-0.1, -0.05) is 30.8 Å². The van der Waals surface area contributed by atoms with Gasteiger partial charge in [0.2, 0.25) is 0 Å². The molecule has 3 aromatic carbocycles. The molecule has 26 heavy (non-hydrogen) atoms. The van der Waals surface area contributed by atoms with E-state index in [2.05, 4.69) is 16.8 Å². The van der Waals surface area contributed by atoms with Crippen molar-refractivity contribution >= 4 is 34.1 Å². The first kappa shape index (κ1) is 17.0. The Morgan fingerprint density at radius 3 is 2.27 bits per heavy atom. The quantitative estimate of drug-likeness (QED) is 0.303. The first-order valence-electron chi connectivity index (χ1n) is 7.69. The van der Waals surface area contributed by atoms with Crippen LogP contribution in [-0.2, 0) is 4.79 Å². The number of benzene rings is 3. The van der Waals surface area contributed by atoms with Crippen LogP contribution in [0.15, 0.2) is 83.5 Å². The Bertz CT molecular complexity index is 1020. The summed E-state index contributed by atoms with van der Waals surface area (Å²) in [7, 11) is 0. The number of hydrogen-bond acceptors (Lipinski definition) is 5. The number of rotatable bonds is 5. The van der Waals surface area contributed by atoms with Gasteiger partial charge in [-0.2, -0.15) is 5.11 Å². The molecule has 0 aliphatic rings. The second-order valence-corrected chi connectivity index (χ2v) is 5.30. The van der Waals surface area contributed by atoms with Crippen LogP contribution >= 0.6 is 0 Å². The number of fused-ring (bicyclic) bond motifs is 1. The lowest BCUT2D eigenvalue weighted by atomic mass is 10.0. The van der Waals surface area contributed by atoms with Gasteiger partial charge in [0.1, 0.15) is 5.75 Å². The van der Waals surface area contributed by atoms with Crippen LogP contribution in [0.1, 0.15) is 10.4 Å². The topological polar surface area (TPSA) is 88.3 Å². The molecule has 0 aliphatic heterocycles. The number of aromatic carboxylic acids is 1. The molecule has 0 heterocycles. The van der Waals surface area contributed by atoms with E-state index >= 15 is 0 Å². The van der Waals surface area contributed by atoms with Crippen LogP contribution in [0.3, 0.4) is 0 Å². The highest BCUT2D eigenvalue weighted by molar-refractivity contribution is 6.07. The fourth-order valence-corrected chi connectivity index (χ4v) is 2.41. The van der Waals surface area contributed by atoms with Gasteiger partial charge in [-0.15, -0.1) is 5.11 Å². The third-order valence-corrected chi connectivity index (χ3v) is 3.63. The minimum Gasteiger partial charge on any atom is -0.478 e. The summed E-state index contributed by atoms with van der Waals surface area (Å²) in [5.74, 6) is -1.15. The number of carboxylic acids is 1. The molecular formula is C20H14N2O4. The minimum atomic E-state index is -0.991. The van der Waals surface area contributed by atoms with Gasteiger partial charge in [0, 0.05) is 11.5 Å². The number of carbonyl (C=O) groups excluding carboxylic acids is 1. The molecule has 3 rings (SSSR count). The smallest absolute Gasteiger partial charge is 0.336 e. The minimum absolute atomic E-state index is 0.216. The molecule has 0 amide bonds. The van der Waals surface area contributed by atoms with Crippen molar-refractivity contribution in [1.29, 1.82) is 0 Å². The number of esters is 1. The van der Waals surface area contributed by atoms with Crippen molar-refractivity contribution in [2.24, 2.45) is 10.2 Å². The third kappa shape index (κ3) is 3.64. The highest BCUT2D eigenvalue weighted by Gasteiger charge is 2.10. The van der Waals surface area contributed by atoms with Crippen molar-refractivity contribution in [1.82, 2.24) is 0 Å². The van der Waals surface area contributed by atoms with Crippen molar-refractivity contribution in [3.8, 4) is 5.75 Å². The van der Waals surface area contributed by atoms with Crippen LogP contribution in [-0.4, -0.2) is 17.0 Å². The van der Waals surface area contributed by atoms with Crippen molar-refractivity contribution in [2.45, 2.75) is 0 Å². The molecule has 128 valence electrons. The molecule has 0 aromatic heterocycles. The molecule has 3 aromatic rings. The average molecular weight is 346 g/mol. The number of carbonyl (C=O) groups is 2. The molecule has 0 atom stereocenters. The van der Waals surface area contributed by atoms with E-state index in [4.69, 9.17) is 4.74 Å². The van der Waals surface area contributed by atoms with Crippen LogP contribution < -0.4 is 4.74 Å². The van der Waals surface area contributed by atoms with E-state index in [1.54, 1.807) is 48.5 Å². The van der Waals surface area contributed by atoms with Crippen LogP contribution in [0.25, 0.3) is 10.8 Å². The van der Waals surface area contributed by atoms with E-state index in [9.17, 15) is 14.7 Å². The van der Waals surface area contributed by atoms with Crippen LogP contribution in [0.2, 0.25) is 0 Å². The van der Waals surface area contributed by atoms with Crippen molar-refractivity contribution in [2.75, 3.05) is 0 Å². The van der Waals surface area contributed by atoms with E-state index in [1.807, 2.05) is 6.07 Å². The molecule has 0 radical (unpaired) electrons. The molecule has 0 fully saturated rings. The van der Waals surface area contributed by atoms with Crippen LogP contribution in [0.4, 0.5) is 11.4 Å². The van der Waals surface area contributed by atoms with E-state index in [0.717, 1.165) is 6.08 Å². The zero-order chi connectivity index (χ0) is 18.5. The Morgan fingerprint density at radius 2 is 1.62 bits per heavy atom. The predicted molar refractivity (Wildman–Crippen MR) is 97.4 cm³/mol. The summed E-state index contributed by atoms with van der Waals surface area (Å²) < 4.78 is 4.99. The Labute approximate surface area is 149 Å². The summed E-state index contributed by atoms with van der Waals surface area (Å²) in [6.07, 6.45) is 1.08. The van der Waals surface area contributed by atoms with E-state index in [0.29, 0.717) is 27.9 Å². The largest absolute Gasteiger partial charge is 0.478 e. The van der Waals surface area contributed by atoms with Gasteiger partial charge in [-0.25, -0.2) is 9.59 Å². The van der Waals surface area contributed by atoms with Gasteiger partial charge >= 0.3 is 11.9 Å². The van der Waals surface area contributed by atoms with Crippen molar-refractivity contribution in [3.63, 3.8) is 0 Å². The fourth-order valence-electron chi connectivity index (χ4n) is 2.41. The summed E-state index contributed by atoms with van der Waals surface area (Å²) in [6, 6.07) is 16.8. The Hall–Kier alpha value is -3.80. The monoisotopic (exact) mass is 346 g/mol. The zero-order valence-corrected chi connectivity index (χ0v) is 13.6. The second kappa shape index (κ2) is 7.40. The number of nitrogens with zero attached hydrogens (tertiary/aromatic N) is 2. The number of azo groups is 1. The average Bonchev–Trinajstić information content (AvgIpc) is 2.66. The summed E-state index contributed by atoms with van der Waals surface area (Å²) in [5, 5.41) is 19.0. The van der Waals surface area contributed by atoms with Crippen molar-refractivity contribution in [3.05, 3.63) is 78.9 Å². The van der Waals surface area contributed by atoms with Gasteiger partial charge in [0.25, 0.3) is 0 Å². The van der Waals surface area contributed by atoms with Crippen molar-refractivity contribution < 1.29 is 19.4 Å². The molecule has 0 aliphatic carbocycles. The van der Waals surface area contributed by atoms with E-state index < -0.39 is 11.9 Å². The summed E-state index contributed by atoms with van der Waals surface area (Å²) in [6.45, 7) is 3.33. The first-order chi connectivity index (χ1) is 12.6. The standard InChI is InChI=1S/C20H14N2O4/c1-2-19(23)26-14-9-7-13(8-10-14)21-22-18-12-11-17(20(24)25)15-5-3-4-6-16(15)18/h2-12H,1H2,(H,24,25)/b22-21+. The van der Waals surface area contributed by atoms with Crippen LogP contribution in [0, 0.1) is 0 Å². The molecular weight excluding hydrogens is 332 g/mol. The lowest BCUT2D eigenvalue weighted by Crippen LogP contribution is -2.02. The third-order valence-electron chi connectivity index (χ3n) is 3.63. The van der Waals surface area contributed by atoms with Crippen LogP contribution in [0.5, 0.6) is 5.75 Å². The maximum atomic E-state index is 11.3. The van der Waals surface area contributed by atoms with Gasteiger partial charge in [-0.05, 0) is 41.8 Å². The summed E-state index contributed by atoms with van der Waals surface area (Å²) >= 11 is 0. The normalized spacial score (nSPS) is 10.8. The van der Waals surface area contributed by atoms with Gasteiger partial charge < -0.3 is 9.84 Å². The Kier molecular flexibility index (Phi) is 4.85. The second-order valence-electron chi connectivity index (χ2n) is 5.30. The maximum Gasteiger partial charge on any atom is 0.336 e. The molecule has 0 saturated carbocycles. The molecule has 0 bridgehead atoms. The molecule has 6 heteroatoms. The molecule has 0 spiro atoms. The molecule has 0 saturated heterocycles. The predicted octanol–water partition coefficient (Wildman–Crippen LogP) is 5.04. The molecule has 0 unspecified atom stereocenters. The zero-order valence-electron chi connectivity index (χ0n) is 13.6. The van der Waals surface area contributed by atoms with Gasteiger partial charge in [0.05, 0.1) is 16.9 Å².